The fourth-order valence-corrected chi connectivity index (χ4v) is 1.92. The number of hydrogen-bond donors (Lipinski definition) is 0. The van der Waals surface area contributed by atoms with Crippen LogP contribution in [0.1, 0.15) is 31.2 Å². The Hall–Kier alpha value is -2.10. The minimum absolute atomic E-state index is 0.392. The first-order chi connectivity index (χ1) is 8.63. The molecular formula is C14H14N4. The standard InChI is InChI=1S/C14H14N4/c1-8(2)10-5-12-14(7-16-10)17-11-4-9(3)15-6-13(11)18-12/h4-8H,1-3H3. The molecule has 3 aromatic rings. The number of hydrogen-bond acceptors (Lipinski definition) is 4. The first kappa shape index (κ1) is 11.0. The summed E-state index contributed by atoms with van der Waals surface area (Å²) in [4.78, 5) is 17.8. The van der Waals surface area contributed by atoms with Crippen LogP contribution in [0.25, 0.3) is 22.1 Å². The average Bonchev–Trinajstić information content (AvgIpc) is 2.35. The Balaban J connectivity index is 2.31. The van der Waals surface area contributed by atoms with Crippen molar-refractivity contribution in [3.05, 3.63) is 35.9 Å². The highest BCUT2D eigenvalue weighted by Gasteiger charge is 2.06. The third-order valence-corrected chi connectivity index (χ3v) is 2.95. The highest BCUT2D eigenvalue weighted by atomic mass is 14.9. The topological polar surface area (TPSA) is 51.6 Å². The van der Waals surface area contributed by atoms with Gasteiger partial charge < -0.3 is 0 Å². The van der Waals surface area contributed by atoms with Crippen molar-refractivity contribution < 1.29 is 0 Å². The molecule has 0 aromatic carbocycles. The van der Waals surface area contributed by atoms with Crippen molar-refractivity contribution in [1.82, 2.24) is 19.9 Å². The van der Waals surface area contributed by atoms with Gasteiger partial charge in [-0.1, -0.05) is 13.8 Å². The second-order valence-corrected chi connectivity index (χ2v) is 4.79. The van der Waals surface area contributed by atoms with Crippen LogP contribution in [0, 0.1) is 6.92 Å². The first-order valence-electron chi connectivity index (χ1n) is 6.03. The van der Waals surface area contributed by atoms with Gasteiger partial charge in [-0.05, 0) is 25.0 Å². The molecule has 0 aliphatic heterocycles. The lowest BCUT2D eigenvalue weighted by molar-refractivity contribution is 0.825. The van der Waals surface area contributed by atoms with E-state index in [2.05, 4.69) is 33.8 Å². The zero-order valence-corrected chi connectivity index (χ0v) is 10.7. The summed E-state index contributed by atoms with van der Waals surface area (Å²) < 4.78 is 0. The monoisotopic (exact) mass is 238 g/mol. The minimum atomic E-state index is 0.392. The maximum absolute atomic E-state index is 4.60. The molecule has 3 rings (SSSR count). The Bertz CT molecular complexity index is 734. The van der Waals surface area contributed by atoms with Crippen LogP contribution in [0.5, 0.6) is 0 Å². The molecule has 0 unspecified atom stereocenters. The zero-order valence-electron chi connectivity index (χ0n) is 10.7. The third kappa shape index (κ3) is 1.79. The molecule has 3 aromatic heterocycles. The second kappa shape index (κ2) is 3.98. The van der Waals surface area contributed by atoms with Crippen LogP contribution in [-0.4, -0.2) is 19.9 Å². The number of fused-ring (bicyclic) bond motifs is 2. The van der Waals surface area contributed by atoms with Gasteiger partial charge in [-0.15, -0.1) is 0 Å². The lowest BCUT2D eigenvalue weighted by Crippen LogP contribution is -1.95. The Morgan fingerprint density at radius 3 is 2.11 bits per heavy atom. The number of rotatable bonds is 1. The molecule has 0 N–H and O–H groups in total. The van der Waals surface area contributed by atoms with E-state index in [4.69, 9.17) is 0 Å². The van der Waals surface area contributed by atoms with Gasteiger partial charge in [0, 0.05) is 11.4 Å². The van der Waals surface area contributed by atoms with E-state index in [-0.39, 0.29) is 0 Å². The number of pyridine rings is 2. The fraction of sp³-hybridized carbons (Fsp3) is 0.286. The molecular weight excluding hydrogens is 224 g/mol. The van der Waals surface area contributed by atoms with Gasteiger partial charge in [0.25, 0.3) is 0 Å². The number of aromatic nitrogens is 4. The van der Waals surface area contributed by atoms with Crippen molar-refractivity contribution in [3.63, 3.8) is 0 Å². The van der Waals surface area contributed by atoms with Crippen molar-refractivity contribution in [1.29, 1.82) is 0 Å². The molecule has 18 heavy (non-hydrogen) atoms. The highest BCUT2D eigenvalue weighted by Crippen LogP contribution is 2.19. The second-order valence-electron chi connectivity index (χ2n) is 4.79. The van der Waals surface area contributed by atoms with Crippen molar-refractivity contribution >= 4 is 22.1 Å². The largest absolute Gasteiger partial charge is 0.259 e. The summed E-state index contributed by atoms with van der Waals surface area (Å²) in [5.41, 5.74) is 5.39. The van der Waals surface area contributed by atoms with E-state index in [0.29, 0.717) is 5.92 Å². The molecule has 4 heteroatoms. The molecule has 0 aliphatic rings. The summed E-state index contributed by atoms with van der Waals surface area (Å²) in [6.07, 6.45) is 3.57. The first-order valence-corrected chi connectivity index (χ1v) is 6.03. The number of nitrogens with zero attached hydrogens (tertiary/aromatic N) is 4. The van der Waals surface area contributed by atoms with E-state index in [0.717, 1.165) is 33.5 Å². The van der Waals surface area contributed by atoms with Crippen molar-refractivity contribution in [2.45, 2.75) is 26.7 Å². The van der Waals surface area contributed by atoms with Gasteiger partial charge in [0.2, 0.25) is 0 Å². The Morgan fingerprint density at radius 2 is 1.44 bits per heavy atom. The molecule has 0 saturated carbocycles. The van der Waals surface area contributed by atoms with E-state index in [1.54, 1.807) is 12.4 Å². The molecule has 0 aliphatic carbocycles. The van der Waals surface area contributed by atoms with E-state index in [9.17, 15) is 0 Å². The quantitative estimate of drug-likeness (QED) is 0.611. The van der Waals surface area contributed by atoms with Crippen LogP contribution < -0.4 is 0 Å². The highest BCUT2D eigenvalue weighted by molar-refractivity contribution is 5.85. The van der Waals surface area contributed by atoms with Gasteiger partial charge >= 0.3 is 0 Å². The summed E-state index contributed by atoms with van der Waals surface area (Å²) in [6, 6.07) is 3.95. The van der Waals surface area contributed by atoms with Crippen LogP contribution in [0.2, 0.25) is 0 Å². The minimum Gasteiger partial charge on any atom is -0.259 e. The van der Waals surface area contributed by atoms with E-state index >= 15 is 0 Å². The molecule has 0 atom stereocenters. The summed E-state index contributed by atoms with van der Waals surface area (Å²) in [7, 11) is 0. The zero-order chi connectivity index (χ0) is 12.7. The van der Waals surface area contributed by atoms with Crippen molar-refractivity contribution in [2.75, 3.05) is 0 Å². The summed E-state index contributed by atoms with van der Waals surface area (Å²) in [6.45, 7) is 6.19. The SMILES string of the molecule is Cc1cc2nc3cnc(C(C)C)cc3nc2cn1. The van der Waals surface area contributed by atoms with Gasteiger partial charge in [0.05, 0.1) is 23.4 Å². The van der Waals surface area contributed by atoms with Crippen LogP contribution in [0.15, 0.2) is 24.5 Å². The fourth-order valence-electron chi connectivity index (χ4n) is 1.92. The Morgan fingerprint density at radius 1 is 0.833 bits per heavy atom. The van der Waals surface area contributed by atoms with Crippen LogP contribution in [0.4, 0.5) is 0 Å². The van der Waals surface area contributed by atoms with E-state index in [1.807, 2.05) is 19.1 Å². The lowest BCUT2D eigenvalue weighted by Gasteiger charge is -2.06. The van der Waals surface area contributed by atoms with Gasteiger partial charge in [0.15, 0.2) is 0 Å². The molecule has 4 nitrogen and oxygen atoms in total. The molecule has 90 valence electrons. The molecule has 0 saturated heterocycles. The van der Waals surface area contributed by atoms with Gasteiger partial charge in [-0.3, -0.25) is 9.97 Å². The molecule has 0 spiro atoms. The number of aryl methyl sites for hydroxylation is 1. The van der Waals surface area contributed by atoms with Crippen LogP contribution in [0.3, 0.4) is 0 Å². The maximum Gasteiger partial charge on any atom is 0.108 e. The third-order valence-electron chi connectivity index (χ3n) is 2.95. The molecule has 0 radical (unpaired) electrons. The molecule has 0 bridgehead atoms. The summed E-state index contributed by atoms with van der Waals surface area (Å²) >= 11 is 0. The van der Waals surface area contributed by atoms with E-state index < -0.39 is 0 Å². The van der Waals surface area contributed by atoms with Gasteiger partial charge in [-0.2, -0.15) is 0 Å². The Kier molecular flexibility index (Phi) is 2.44. The smallest absolute Gasteiger partial charge is 0.108 e. The maximum atomic E-state index is 4.60. The lowest BCUT2D eigenvalue weighted by atomic mass is 10.1. The Labute approximate surface area is 105 Å². The predicted octanol–water partition coefficient (Wildman–Crippen LogP) is 3.00. The predicted molar refractivity (Wildman–Crippen MR) is 71.5 cm³/mol. The van der Waals surface area contributed by atoms with Crippen LogP contribution in [-0.2, 0) is 0 Å². The summed E-state index contributed by atoms with van der Waals surface area (Å²) in [5, 5.41) is 0. The van der Waals surface area contributed by atoms with Crippen molar-refractivity contribution in [2.24, 2.45) is 0 Å². The molecule has 3 heterocycles. The summed E-state index contributed by atoms with van der Waals surface area (Å²) in [5.74, 6) is 0.392. The van der Waals surface area contributed by atoms with Gasteiger partial charge in [-0.25, -0.2) is 9.97 Å². The van der Waals surface area contributed by atoms with Crippen molar-refractivity contribution in [3.8, 4) is 0 Å². The average molecular weight is 238 g/mol. The molecule has 0 fully saturated rings. The normalized spacial score (nSPS) is 11.6. The van der Waals surface area contributed by atoms with Crippen LogP contribution >= 0.6 is 0 Å². The molecule has 0 amide bonds. The van der Waals surface area contributed by atoms with E-state index in [1.165, 1.54) is 0 Å². The van der Waals surface area contributed by atoms with Gasteiger partial charge in [0.1, 0.15) is 11.0 Å².